The highest BCUT2D eigenvalue weighted by Gasteiger charge is 2.23. The minimum absolute atomic E-state index is 0.307. The van der Waals surface area contributed by atoms with Gasteiger partial charge in [-0.1, -0.05) is 19.8 Å². The van der Waals surface area contributed by atoms with Gasteiger partial charge in [-0.15, -0.1) is 0 Å². The van der Waals surface area contributed by atoms with E-state index in [4.69, 9.17) is 5.11 Å². The Morgan fingerprint density at radius 1 is 1.50 bits per heavy atom. The van der Waals surface area contributed by atoms with Gasteiger partial charge in [0.1, 0.15) is 0 Å². The molecule has 1 aliphatic rings. The monoisotopic (exact) mass is 311 g/mol. The summed E-state index contributed by atoms with van der Waals surface area (Å²) in [5.74, 6) is 0.622. The zero-order valence-electron chi connectivity index (χ0n) is 10.4. The summed E-state index contributed by atoms with van der Waals surface area (Å²) in [7, 11) is 0. The maximum absolute atomic E-state index is 10.8. The first-order valence-corrected chi connectivity index (χ1v) is 7.14. The fourth-order valence-electron chi connectivity index (χ4n) is 2.56. The maximum atomic E-state index is 10.8. The predicted octanol–water partition coefficient (Wildman–Crippen LogP) is 4.00. The Balaban J connectivity index is 1.99. The van der Waals surface area contributed by atoms with E-state index in [0.717, 1.165) is 28.5 Å². The van der Waals surface area contributed by atoms with Crippen molar-refractivity contribution in [1.29, 1.82) is 0 Å². The molecule has 0 amide bonds. The van der Waals surface area contributed by atoms with E-state index in [1.165, 1.54) is 19.3 Å². The Hall–Kier alpha value is -1.03. The molecule has 98 valence electrons. The van der Waals surface area contributed by atoms with Gasteiger partial charge >= 0.3 is 5.97 Å². The van der Waals surface area contributed by atoms with E-state index in [-0.39, 0.29) is 0 Å². The highest BCUT2D eigenvalue weighted by molar-refractivity contribution is 9.10. The Kier molecular flexibility index (Phi) is 4.27. The van der Waals surface area contributed by atoms with Gasteiger partial charge in [0.15, 0.2) is 0 Å². The molecule has 1 saturated carbocycles. The number of nitrogens with one attached hydrogen (secondary N) is 1. The number of rotatable bonds is 4. The van der Waals surface area contributed by atoms with Gasteiger partial charge in [-0.3, -0.25) is 0 Å². The van der Waals surface area contributed by atoms with E-state index >= 15 is 0 Å². The van der Waals surface area contributed by atoms with E-state index in [1.54, 1.807) is 12.1 Å². The van der Waals surface area contributed by atoms with Gasteiger partial charge in [0.2, 0.25) is 0 Å². The maximum Gasteiger partial charge on any atom is 0.335 e. The number of carbonyl (C=O) groups is 1. The molecule has 1 fully saturated rings. The van der Waals surface area contributed by atoms with Crippen LogP contribution in [0.3, 0.4) is 0 Å². The third-order valence-electron chi connectivity index (χ3n) is 3.81. The highest BCUT2D eigenvalue weighted by atomic mass is 79.9. The lowest BCUT2D eigenvalue weighted by atomic mass is 9.98. The normalized spacial score (nSPS) is 23.0. The van der Waals surface area contributed by atoms with Crippen LogP contribution in [0.15, 0.2) is 22.7 Å². The molecule has 2 unspecified atom stereocenters. The molecule has 0 spiro atoms. The van der Waals surface area contributed by atoms with E-state index < -0.39 is 5.97 Å². The van der Waals surface area contributed by atoms with Gasteiger partial charge in [-0.05, 0) is 52.4 Å². The molecule has 1 aromatic carbocycles. The van der Waals surface area contributed by atoms with Crippen LogP contribution in [0.25, 0.3) is 0 Å². The zero-order valence-corrected chi connectivity index (χ0v) is 12.0. The fraction of sp³-hybridized carbons (Fsp3) is 0.500. The number of aromatic carboxylic acids is 1. The van der Waals surface area contributed by atoms with Crippen LogP contribution < -0.4 is 5.32 Å². The van der Waals surface area contributed by atoms with Crippen molar-refractivity contribution >= 4 is 27.6 Å². The Morgan fingerprint density at radius 2 is 2.28 bits per heavy atom. The first kappa shape index (κ1) is 13.4. The number of carboxylic acid groups (broad SMARTS) is 1. The molecule has 2 N–H and O–H groups in total. The van der Waals surface area contributed by atoms with Gasteiger partial charge < -0.3 is 10.4 Å². The third-order valence-corrected chi connectivity index (χ3v) is 4.47. The van der Waals surface area contributed by atoms with Crippen molar-refractivity contribution in [3.63, 3.8) is 0 Å². The summed E-state index contributed by atoms with van der Waals surface area (Å²) in [4.78, 5) is 10.8. The zero-order chi connectivity index (χ0) is 13.1. The molecule has 3 nitrogen and oxygen atoms in total. The second kappa shape index (κ2) is 5.74. The van der Waals surface area contributed by atoms with E-state index in [2.05, 4.69) is 28.2 Å². The minimum atomic E-state index is -0.897. The highest BCUT2D eigenvalue weighted by Crippen LogP contribution is 2.32. The molecule has 1 aromatic rings. The Labute approximate surface area is 116 Å². The molecular formula is C14H18BrNO2. The minimum Gasteiger partial charge on any atom is -0.478 e. The van der Waals surface area contributed by atoms with Crippen LogP contribution in [-0.4, -0.2) is 17.6 Å². The summed E-state index contributed by atoms with van der Waals surface area (Å²) >= 11 is 3.41. The van der Waals surface area contributed by atoms with Crippen molar-refractivity contribution in [2.24, 2.45) is 11.8 Å². The number of halogens is 1. The summed E-state index contributed by atoms with van der Waals surface area (Å²) in [6.45, 7) is 3.27. The second-order valence-electron chi connectivity index (χ2n) is 5.05. The first-order chi connectivity index (χ1) is 8.58. The number of anilines is 1. The first-order valence-electron chi connectivity index (χ1n) is 6.34. The summed E-state index contributed by atoms with van der Waals surface area (Å²) in [5.41, 5.74) is 1.28. The molecule has 2 rings (SSSR count). The topological polar surface area (TPSA) is 49.3 Å². The second-order valence-corrected chi connectivity index (χ2v) is 5.90. The van der Waals surface area contributed by atoms with Crippen LogP contribution in [0.2, 0.25) is 0 Å². The van der Waals surface area contributed by atoms with Crippen LogP contribution >= 0.6 is 15.9 Å². The molecule has 0 bridgehead atoms. The van der Waals surface area contributed by atoms with Gasteiger partial charge in [0, 0.05) is 16.7 Å². The van der Waals surface area contributed by atoms with Crippen molar-refractivity contribution in [1.82, 2.24) is 0 Å². The molecule has 0 saturated heterocycles. The largest absolute Gasteiger partial charge is 0.478 e. The van der Waals surface area contributed by atoms with Gasteiger partial charge in [-0.2, -0.15) is 0 Å². The number of hydrogen-bond donors (Lipinski definition) is 2. The van der Waals surface area contributed by atoms with Crippen LogP contribution in [-0.2, 0) is 0 Å². The molecule has 0 aliphatic heterocycles. The van der Waals surface area contributed by atoms with Crippen molar-refractivity contribution in [3.05, 3.63) is 28.2 Å². The average Bonchev–Trinajstić information content (AvgIpc) is 2.73. The SMILES string of the molecule is CC1CCCC1CNc1ccc(C(=O)O)cc1Br. The summed E-state index contributed by atoms with van der Waals surface area (Å²) in [6, 6.07) is 5.10. The summed E-state index contributed by atoms with van der Waals surface area (Å²) < 4.78 is 0.813. The van der Waals surface area contributed by atoms with E-state index in [9.17, 15) is 4.79 Å². The van der Waals surface area contributed by atoms with Gasteiger partial charge in [0.25, 0.3) is 0 Å². The van der Waals surface area contributed by atoms with Gasteiger partial charge in [-0.25, -0.2) is 4.79 Å². The molecule has 4 heteroatoms. The fourth-order valence-corrected chi connectivity index (χ4v) is 3.08. The molecule has 0 aromatic heterocycles. The van der Waals surface area contributed by atoms with E-state index in [0.29, 0.717) is 5.56 Å². The van der Waals surface area contributed by atoms with Crippen LogP contribution in [0, 0.1) is 11.8 Å². The Bertz CT molecular complexity index is 447. The lowest BCUT2D eigenvalue weighted by Crippen LogP contribution is -2.16. The molecule has 0 heterocycles. The van der Waals surface area contributed by atoms with Crippen LogP contribution in [0.4, 0.5) is 5.69 Å². The van der Waals surface area contributed by atoms with Crippen molar-refractivity contribution in [2.75, 3.05) is 11.9 Å². The lowest BCUT2D eigenvalue weighted by Gasteiger charge is -2.17. The number of carboxylic acids is 1. The molecular weight excluding hydrogens is 294 g/mol. The molecule has 2 atom stereocenters. The lowest BCUT2D eigenvalue weighted by molar-refractivity contribution is 0.0697. The van der Waals surface area contributed by atoms with Crippen LogP contribution in [0.1, 0.15) is 36.5 Å². The molecule has 18 heavy (non-hydrogen) atoms. The smallest absolute Gasteiger partial charge is 0.335 e. The third kappa shape index (κ3) is 3.05. The average molecular weight is 312 g/mol. The standard InChI is InChI=1S/C14H18BrNO2/c1-9-3-2-4-11(9)8-16-13-6-5-10(14(17)18)7-12(13)15/h5-7,9,11,16H,2-4,8H2,1H3,(H,17,18). The number of benzene rings is 1. The predicted molar refractivity (Wildman–Crippen MR) is 76.1 cm³/mol. The quantitative estimate of drug-likeness (QED) is 0.883. The van der Waals surface area contributed by atoms with Crippen molar-refractivity contribution in [3.8, 4) is 0 Å². The van der Waals surface area contributed by atoms with Crippen molar-refractivity contribution in [2.45, 2.75) is 26.2 Å². The molecule has 0 radical (unpaired) electrons. The summed E-state index contributed by atoms with van der Waals surface area (Å²) in [6.07, 6.45) is 3.94. The van der Waals surface area contributed by atoms with Gasteiger partial charge in [0.05, 0.1) is 5.56 Å². The number of hydrogen-bond acceptors (Lipinski definition) is 2. The summed E-state index contributed by atoms with van der Waals surface area (Å²) in [5, 5.41) is 12.3. The van der Waals surface area contributed by atoms with E-state index in [1.807, 2.05) is 6.07 Å². The van der Waals surface area contributed by atoms with Crippen molar-refractivity contribution < 1.29 is 9.90 Å². The van der Waals surface area contributed by atoms with Crippen LogP contribution in [0.5, 0.6) is 0 Å². The molecule has 1 aliphatic carbocycles. The Morgan fingerprint density at radius 3 is 2.83 bits per heavy atom.